The number of hydrogen-bond donors (Lipinski definition) is 1. The quantitative estimate of drug-likeness (QED) is 0.345. The van der Waals surface area contributed by atoms with E-state index in [1.54, 1.807) is 49.4 Å². The summed E-state index contributed by atoms with van der Waals surface area (Å²) in [7, 11) is 1.47. The summed E-state index contributed by atoms with van der Waals surface area (Å²) in [5.41, 5.74) is 2.20. The van der Waals surface area contributed by atoms with Gasteiger partial charge in [-0.25, -0.2) is 0 Å². The summed E-state index contributed by atoms with van der Waals surface area (Å²) in [5, 5.41) is 11.7. The van der Waals surface area contributed by atoms with Crippen LogP contribution in [0, 0.1) is 13.8 Å². The van der Waals surface area contributed by atoms with Crippen LogP contribution in [0.25, 0.3) is 5.76 Å². The number of anilines is 1. The highest BCUT2D eigenvalue weighted by Gasteiger charge is 2.49. The van der Waals surface area contributed by atoms with Crippen molar-refractivity contribution >= 4 is 34.7 Å². The zero-order valence-electron chi connectivity index (χ0n) is 17.2. The number of ether oxygens (including phenoxy) is 1. The predicted molar refractivity (Wildman–Crippen MR) is 117 cm³/mol. The Morgan fingerprint density at radius 3 is 2.58 bits per heavy atom. The fourth-order valence-electron chi connectivity index (χ4n) is 3.81. The monoisotopic (exact) mass is 437 g/mol. The van der Waals surface area contributed by atoms with E-state index in [0.717, 1.165) is 5.56 Å². The summed E-state index contributed by atoms with van der Waals surface area (Å²) >= 11 is 6.28. The van der Waals surface area contributed by atoms with E-state index in [-0.39, 0.29) is 11.3 Å². The summed E-state index contributed by atoms with van der Waals surface area (Å²) in [6.07, 6.45) is 1.45. The van der Waals surface area contributed by atoms with E-state index in [9.17, 15) is 14.7 Å². The lowest BCUT2D eigenvalue weighted by Crippen LogP contribution is -2.30. The molecule has 1 amide bonds. The minimum Gasteiger partial charge on any atom is -0.507 e. The molecule has 0 radical (unpaired) electrons. The van der Waals surface area contributed by atoms with E-state index < -0.39 is 17.7 Å². The molecule has 158 valence electrons. The number of carbonyl (C=O) groups excluding carboxylic acids is 2. The predicted octanol–water partition coefficient (Wildman–Crippen LogP) is 5.18. The van der Waals surface area contributed by atoms with Crippen molar-refractivity contribution in [3.63, 3.8) is 0 Å². The first-order valence-electron chi connectivity index (χ1n) is 9.59. The molecule has 7 heteroatoms. The Hall–Kier alpha value is -3.51. The van der Waals surface area contributed by atoms with Gasteiger partial charge >= 0.3 is 0 Å². The summed E-state index contributed by atoms with van der Waals surface area (Å²) in [6.45, 7) is 3.62. The molecule has 6 nitrogen and oxygen atoms in total. The molecular weight excluding hydrogens is 418 g/mol. The third kappa shape index (κ3) is 3.39. The maximum atomic E-state index is 13.2. The number of aliphatic hydroxyl groups is 1. The summed E-state index contributed by atoms with van der Waals surface area (Å²) in [4.78, 5) is 27.6. The number of ketones is 1. The van der Waals surface area contributed by atoms with Crippen LogP contribution in [0.5, 0.6) is 5.75 Å². The molecule has 0 bridgehead atoms. The van der Waals surface area contributed by atoms with Crippen LogP contribution in [0.2, 0.25) is 5.02 Å². The van der Waals surface area contributed by atoms with E-state index in [4.69, 9.17) is 20.8 Å². The number of carbonyl (C=O) groups is 2. The highest BCUT2D eigenvalue weighted by molar-refractivity contribution is 6.52. The molecule has 0 spiro atoms. The van der Waals surface area contributed by atoms with Gasteiger partial charge in [-0.2, -0.15) is 0 Å². The lowest BCUT2D eigenvalue weighted by Gasteiger charge is -2.25. The van der Waals surface area contributed by atoms with Gasteiger partial charge in [0.25, 0.3) is 11.7 Å². The molecule has 2 heterocycles. The van der Waals surface area contributed by atoms with Crippen LogP contribution in [-0.4, -0.2) is 23.9 Å². The van der Waals surface area contributed by atoms with Crippen molar-refractivity contribution in [2.45, 2.75) is 19.9 Å². The van der Waals surface area contributed by atoms with Gasteiger partial charge in [0.2, 0.25) is 0 Å². The molecule has 1 aliphatic rings. The standard InChI is InChI=1S/C24H20ClNO5/c1-13-9-10-18(30-3)15(12-13)22(27)20-21(19-8-5-11-31-19)26(24(29)23(20)28)17-7-4-6-16(25)14(17)2/h4-12,21,27H,1-3H3/b22-20-. The van der Waals surface area contributed by atoms with E-state index in [1.807, 2.05) is 13.0 Å². The number of rotatable bonds is 4. The molecule has 1 aromatic heterocycles. The number of methoxy groups -OCH3 is 1. The average molecular weight is 438 g/mol. The van der Waals surface area contributed by atoms with Crippen LogP contribution in [-0.2, 0) is 9.59 Å². The number of aliphatic hydroxyl groups excluding tert-OH is 1. The first kappa shape index (κ1) is 20.8. The molecular formula is C24H20ClNO5. The lowest BCUT2D eigenvalue weighted by atomic mass is 9.97. The number of halogens is 1. The molecule has 1 atom stereocenters. The number of Topliss-reactive ketones (excluding diaryl/α,β-unsaturated/α-hetero) is 1. The van der Waals surface area contributed by atoms with Crippen molar-refractivity contribution in [3.05, 3.63) is 87.8 Å². The largest absolute Gasteiger partial charge is 0.507 e. The second-order valence-corrected chi connectivity index (χ2v) is 7.68. The van der Waals surface area contributed by atoms with Crippen LogP contribution in [0.3, 0.4) is 0 Å². The Kier molecular flexibility index (Phi) is 5.33. The molecule has 0 saturated carbocycles. The second-order valence-electron chi connectivity index (χ2n) is 7.27. The molecule has 1 N–H and O–H groups in total. The molecule has 2 aromatic carbocycles. The van der Waals surface area contributed by atoms with Crippen LogP contribution >= 0.6 is 11.6 Å². The Bertz CT molecular complexity index is 1210. The highest BCUT2D eigenvalue weighted by atomic mass is 35.5. The number of furan rings is 1. The first-order chi connectivity index (χ1) is 14.8. The summed E-state index contributed by atoms with van der Waals surface area (Å²) in [5.74, 6) is -1.21. The second kappa shape index (κ2) is 7.96. The Morgan fingerprint density at radius 1 is 1.13 bits per heavy atom. The van der Waals surface area contributed by atoms with Gasteiger partial charge in [0.15, 0.2) is 0 Å². The third-order valence-electron chi connectivity index (χ3n) is 5.37. The minimum absolute atomic E-state index is 0.0803. The van der Waals surface area contributed by atoms with E-state index in [0.29, 0.717) is 33.3 Å². The van der Waals surface area contributed by atoms with Crippen LogP contribution in [0.4, 0.5) is 5.69 Å². The van der Waals surface area contributed by atoms with Gasteiger partial charge in [0.1, 0.15) is 23.3 Å². The number of benzene rings is 2. The maximum absolute atomic E-state index is 13.2. The molecule has 1 fully saturated rings. The molecule has 3 aromatic rings. The highest BCUT2D eigenvalue weighted by Crippen LogP contribution is 2.45. The molecule has 1 saturated heterocycles. The topological polar surface area (TPSA) is 80.0 Å². The summed E-state index contributed by atoms with van der Waals surface area (Å²) in [6, 6.07) is 12.7. The van der Waals surface area contributed by atoms with Gasteiger partial charge in [0.05, 0.1) is 24.5 Å². The van der Waals surface area contributed by atoms with Crippen molar-refractivity contribution < 1.29 is 23.8 Å². The molecule has 4 rings (SSSR count). The number of nitrogens with zero attached hydrogens (tertiary/aromatic N) is 1. The first-order valence-corrected chi connectivity index (χ1v) is 9.97. The van der Waals surface area contributed by atoms with Crippen LogP contribution in [0.15, 0.2) is 64.8 Å². The average Bonchev–Trinajstić information content (AvgIpc) is 3.37. The fraction of sp³-hybridized carbons (Fsp3) is 0.167. The van der Waals surface area contributed by atoms with E-state index >= 15 is 0 Å². The third-order valence-corrected chi connectivity index (χ3v) is 5.78. The van der Waals surface area contributed by atoms with Gasteiger partial charge < -0.3 is 14.3 Å². The summed E-state index contributed by atoms with van der Waals surface area (Å²) < 4.78 is 10.9. The molecule has 1 unspecified atom stereocenters. The van der Waals surface area contributed by atoms with Crippen LogP contribution < -0.4 is 9.64 Å². The zero-order chi connectivity index (χ0) is 22.3. The van der Waals surface area contributed by atoms with Crippen molar-refractivity contribution in [1.29, 1.82) is 0 Å². The number of hydrogen-bond acceptors (Lipinski definition) is 5. The van der Waals surface area contributed by atoms with Gasteiger partial charge in [0, 0.05) is 10.7 Å². The number of amides is 1. The fourth-order valence-corrected chi connectivity index (χ4v) is 3.98. The van der Waals surface area contributed by atoms with Gasteiger partial charge in [-0.1, -0.05) is 29.3 Å². The Balaban J connectivity index is 1.99. The Morgan fingerprint density at radius 2 is 1.90 bits per heavy atom. The minimum atomic E-state index is -0.961. The Labute approximate surface area is 184 Å². The molecule has 1 aliphatic heterocycles. The van der Waals surface area contributed by atoms with Crippen molar-refractivity contribution in [1.82, 2.24) is 0 Å². The van der Waals surface area contributed by atoms with Crippen molar-refractivity contribution in [2.75, 3.05) is 12.0 Å². The van der Waals surface area contributed by atoms with Crippen molar-refractivity contribution in [3.8, 4) is 5.75 Å². The van der Waals surface area contributed by atoms with Gasteiger partial charge in [-0.15, -0.1) is 0 Å². The van der Waals surface area contributed by atoms with E-state index in [1.165, 1.54) is 18.3 Å². The maximum Gasteiger partial charge on any atom is 0.300 e. The van der Waals surface area contributed by atoms with Crippen molar-refractivity contribution in [2.24, 2.45) is 0 Å². The zero-order valence-corrected chi connectivity index (χ0v) is 17.9. The smallest absolute Gasteiger partial charge is 0.300 e. The van der Waals surface area contributed by atoms with Gasteiger partial charge in [-0.3, -0.25) is 14.5 Å². The van der Waals surface area contributed by atoms with Gasteiger partial charge in [-0.05, 0) is 55.8 Å². The van der Waals surface area contributed by atoms with Crippen LogP contribution in [0.1, 0.15) is 28.5 Å². The number of aryl methyl sites for hydroxylation is 1. The SMILES string of the molecule is COc1ccc(C)cc1/C(O)=C1/C(=O)C(=O)N(c2cccc(Cl)c2C)C1c1ccco1. The molecule has 0 aliphatic carbocycles. The lowest BCUT2D eigenvalue weighted by molar-refractivity contribution is -0.132. The molecule has 31 heavy (non-hydrogen) atoms. The normalized spacial score (nSPS) is 17.9. The van der Waals surface area contributed by atoms with E-state index in [2.05, 4.69) is 0 Å².